The molecule has 4 heteroatoms. The Bertz CT molecular complexity index is 340. The van der Waals surface area contributed by atoms with E-state index in [1.54, 1.807) is 0 Å². The molecule has 0 fully saturated rings. The number of carbonyl (C=O) groups excluding carboxylic acids is 1. The number of alkyl carbamates (subject to hydrolysis) is 1. The fraction of sp³-hybridized carbons (Fsp3) is 0.500. The Labute approximate surface area is 108 Å². The molecule has 1 aromatic carbocycles. The third-order valence-electron chi connectivity index (χ3n) is 2.61. The number of ether oxygens (including phenoxy) is 1. The maximum absolute atomic E-state index is 11.3. The molecule has 1 amide bonds. The van der Waals surface area contributed by atoms with Gasteiger partial charge in [0.05, 0.1) is 19.3 Å². The molecule has 0 saturated carbocycles. The minimum Gasteiger partial charge on any atom is -0.450 e. The third kappa shape index (κ3) is 5.68. The maximum Gasteiger partial charge on any atom is 0.407 e. The van der Waals surface area contributed by atoms with E-state index in [-0.39, 0.29) is 6.54 Å². The molecule has 0 aromatic heterocycles. The van der Waals surface area contributed by atoms with Crippen LogP contribution in [0.2, 0.25) is 0 Å². The van der Waals surface area contributed by atoms with Gasteiger partial charge in [0.25, 0.3) is 0 Å². The fourth-order valence-electron chi connectivity index (χ4n) is 1.54. The van der Waals surface area contributed by atoms with Gasteiger partial charge in [-0.25, -0.2) is 4.79 Å². The van der Waals surface area contributed by atoms with Crippen molar-refractivity contribution in [2.75, 3.05) is 13.2 Å². The molecular weight excluding hydrogens is 230 g/mol. The van der Waals surface area contributed by atoms with Gasteiger partial charge in [-0.15, -0.1) is 0 Å². The summed E-state index contributed by atoms with van der Waals surface area (Å²) >= 11 is 0. The summed E-state index contributed by atoms with van der Waals surface area (Å²) in [5, 5.41) is 12.4. The van der Waals surface area contributed by atoms with Crippen LogP contribution in [0.25, 0.3) is 0 Å². The molecule has 0 spiro atoms. The largest absolute Gasteiger partial charge is 0.450 e. The van der Waals surface area contributed by atoms with Crippen LogP contribution in [-0.4, -0.2) is 24.4 Å². The van der Waals surface area contributed by atoms with Gasteiger partial charge in [-0.1, -0.05) is 50.1 Å². The Morgan fingerprint density at radius 2 is 2.06 bits per heavy atom. The predicted octanol–water partition coefficient (Wildman–Crippen LogP) is 2.64. The molecule has 18 heavy (non-hydrogen) atoms. The molecule has 1 aromatic rings. The van der Waals surface area contributed by atoms with E-state index in [2.05, 4.69) is 12.2 Å². The monoisotopic (exact) mass is 251 g/mol. The second-order valence-electron chi connectivity index (χ2n) is 4.15. The Kier molecular flexibility index (Phi) is 6.87. The van der Waals surface area contributed by atoms with Gasteiger partial charge < -0.3 is 15.2 Å². The summed E-state index contributed by atoms with van der Waals surface area (Å²) in [6.07, 6.45) is 1.86. The summed E-state index contributed by atoms with van der Waals surface area (Å²) < 4.78 is 4.97. The number of benzene rings is 1. The Morgan fingerprint density at radius 1 is 1.33 bits per heavy atom. The highest BCUT2D eigenvalue weighted by molar-refractivity contribution is 5.67. The number of rotatable bonds is 7. The molecule has 2 N–H and O–H groups in total. The first-order valence-corrected chi connectivity index (χ1v) is 6.37. The molecule has 0 aliphatic carbocycles. The summed E-state index contributed by atoms with van der Waals surface area (Å²) in [6, 6.07) is 9.22. The minimum atomic E-state index is -0.700. The molecule has 0 radical (unpaired) electrons. The third-order valence-corrected chi connectivity index (χ3v) is 2.61. The molecule has 0 heterocycles. The molecule has 0 bridgehead atoms. The Morgan fingerprint density at radius 3 is 2.72 bits per heavy atom. The zero-order chi connectivity index (χ0) is 13.2. The quantitative estimate of drug-likeness (QED) is 0.732. The van der Waals surface area contributed by atoms with Gasteiger partial charge in [-0.05, 0) is 12.0 Å². The lowest BCUT2D eigenvalue weighted by Crippen LogP contribution is -2.29. The zero-order valence-electron chi connectivity index (χ0n) is 10.8. The van der Waals surface area contributed by atoms with E-state index in [0.717, 1.165) is 24.8 Å². The van der Waals surface area contributed by atoms with Crippen molar-refractivity contribution in [2.24, 2.45) is 0 Å². The summed E-state index contributed by atoms with van der Waals surface area (Å²) in [6.45, 7) is 2.69. The van der Waals surface area contributed by atoms with E-state index in [1.165, 1.54) is 0 Å². The maximum atomic E-state index is 11.3. The molecular formula is C14H21NO3. The van der Waals surface area contributed by atoms with Gasteiger partial charge in [-0.3, -0.25) is 0 Å². The molecule has 4 nitrogen and oxygen atoms in total. The van der Waals surface area contributed by atoms with Gasteiger partial charge in [-0.2, -0.15) is 0 Å². The summed E-state index contributed by atoms with van der Waals surface area (Å²) in [5.74, 6) is 0. The van der Waals surface area contributed by atoms with Gasteiger partial charge >= 0.3 is 6.09 Å². The van der Waals surface area contributed by atoms with Crippen LogP contribution in [0.5, 0.6) is 0 Å². The average Bonchev–Trinajstić information content (AvgIpc) is 2.42. The number of hydrogen-bond acceptors (Lipinski definition) is 3. The lowest BCUT2D eigenvalue weighted by atomic mass is 10.1. The van der Waals surface area contributed by atoms with Crippen LogP contribution in [-0.2, 0) is 4.74 Å². The van der Waals surface area contributed by atoms with Crippen LogP contribution in [0.4, 0.5) is 4.79 Å². The summed E-state index contributed by atoms with van der Waals surface area (Å²) in [5.41, 5.74) is 0.781. The number of nitrogens with one attached hydrogen (secondary N) is 1. The molecule has 0 saturated heterocycles. The lowest BCUT2D eigenvalue weighted by molar-refractivity contribution is 0.129. The van der Waals surface area contributed by atoms with E-state index < -0.39 is 12.2 Å². The highest BCUT2D eigenvalue weighted by Gasteiger charge is 2.09. The van der Waals surface area contributed by atoms with Crippen LogP contribution >= 0.6 is 0 Å². The van der Waals surface area contributed by atoms with Gasteiger partial charge in [0.2, 0.25) is 0 Å². The van der Waals surface area contributed by atoms with Crippen molar-refractivity contribution < 1.29 is 14.6 Å². The second-order valence-corrected chi connectivity index (χ2v) is 4.15. The van der Waals surface area contributed by atoms with Crippen molar-refractivity contribution in [2.45, 2.75) is 32.3 Å². The van der Waals surface area contributed by atoms with Crippen LogP contribution in [0.3, 0.4) is 0 Å². The van der Waals surface area contributed by atoms with E-state index in [1.807, 2.05) is 30.3 Å². The SMILES string of the molecule is CCCCCOC(=O)NC[C@@H](O)c1ccccc1. The van der Waals surface area contributed by atoms with E-state index in [0.29, 0.717) is 6.61 Å². The number of unbranched alkanes of at least 4 members (excludes halogenated alkanes) is 2. The van der Waals surface area contributed by atoms with Crippen LogP contribution in [0.1, 0.15) is 37.9 Å². The number of hydrogen-bond donors (Lipinski definition) is 2. The Balaban J connectivity index is 2.18. The zero-order valence-corrected chi connectivity index (χ0v) is 10.8. The van der Waals surface area contributed by atoms with Crippen molar-refractivity contribution >= 4 is 6.09 Å². The molecule has 100 valence electrons. The van der Waals surface area contributed by atoms with Gasteiger partial charge in [0.15, 0.2) is 0 Å². The predicted molar refractivity (Wildman–Crippen MR) is 70.3 cm³/mol. The van der Waals surface area contributed by atoms with Crippen molar-refractivity contribution in [3.05, 3.63) is 35.9 Å². The minimum absolute atomic E-state index is 0.163. The van der Waals surface area contributed by atoms with E-state index in [9.17, 15) is 9.90 Å². The van der Waals surface area contributed by atoms with Crippen molar-refractivity contribution in [1.82, 2.24) is 5.32 Å². The first kappa shape index (κ1) is 14.5. The smallest absolute Gasteiger partial charge is 0.407 e. The molecule has 0 aliphatic rings. The molecule has 1 rings (SSSR count). The van der Waals surface area contributed by atoms with Gasteiger partial charge in [0, 0.05) is 0 Å². The topological polar surface area (TPSA) is 58.6 Å². The standard InChI is InChI=1S/C14H21NO3/c1-2-3-7-10-18-14(17)15-11-13(16)12-8-5-4-6-9-12/h4-6,8-9,13,16H,2-3,7,10-11H2,1H3,(H,15,17)/t13-/m1/s1. The number of aliphatic hydroxyl groups excluding tert-OH is 1. The fourth-order valence-corrected chi connectivity index (χ4v) is 1.54. The van der Waals surface area contributed by atoms with Crippen LogP contribution in [0.15, 0.2) is 30.3 Å². The van der Waals surface area contributed by atoms with Crippen LogP contribution < -0.4 is 5.32 Å². The average molecular weight is 251 g/mol. The number of carbonyl (C=O) groups is 1. The number of aliphatic hydroxyl groups is 1. The Hall–Kier alpha value is -1.55. The van der Waals surface area contributed by atoms with Crippen molar-refractivity contribution in [3.8, 4) is 0 Å². The number of amides is 1. The van der Waals surface area contributed by atoms with Gasteiger partial charge in [0.1, 0.15) is 0 Å². The highest BCUT2D eigenvalue weighted by atomic mass is 16.5. The van der Waals surface area contributed by atoms with Crippen LogP contribution in [0, 0.1) is 0 Å². The molecule has 0 unspecified atom stereocenters. The highest BCUT2D eigenvalue weighted by Crippen LogP contribution is 2.10. The summed E-state index contributed by atoms with van der Waals surface area (Å²) in [7, 11) is 0. The van der Waals surface area contributed by atoms with Crippen molar-refractivity contribution in [1.29, 1.82) is 0 Å². The van der Waals surface area contributed by atoms with E-state index >= 15 is 0 Å². The lowest BCUT2D eigenvalue weighted by Gasteiger charge is -2.12. The first-order chi connectivity index (χ1) is 8.74. The van der Waals surface area contributed by atoms with E-state index in [4.69, 9.17) is 4.74 Å². The van der Waals surface area contributed by atoms with Crippen molar-refractivity contribution in [3.63, 3.8) is 0 Å². The normalized spacial score (nSPS) is 11.9. The molecule has 1 atom stereocenters. The summed E-state index contributed by atoms with van der Waals surface area (Å²) in [4.78, 5) is 11.3. The molecule has 0 aliphatic heterocycles. The first-order valence-electron chi connectivity index (χ1n) is 6.37. The second kappa shape index (κ2) is 8.53.